The third-order valence-electron chi connectivity index (χ3n) is 5.32. The Hall–Kier alpha value is -3.62. The molecule has 3 rings (SSSR count). The standard InChI is InChI=1S/C21H25N5O4/c22-14-10-16(25-18(28)11-14)20(30)24-12-21(8-3-9-21)26-17(27)7-6-13-4-1-2-5-15(13)19(23)29/h1-2,4-5,10-11H,3,6-9,12H2,(H2,23,29)(H,24,30)(H,26,27)(H3,22,25,28). The number of nitrogens with two attached hydrogens (primary N) is 2. The van der Waals surface area contributed by atoms with Crippen molar-refractivity contribution >= 4 is 23.4 Å². The Bertz CT molecular complexity index is 1030. The van der Waals surface area contributed by atoms with Crippen LogP contribution in [0.5, 0.6) is 0 Å². The summed E-state index contributed by atoms with van der Waals surface area (Å²) in [6, 6.07) is 9.52. The molecule has 9 heteroatoms. The largest absolute Gasteiger partial charge is 0.399 e. The maximum Gasteiger partial charge on any atom is 0.267 e. The average molecular weight is 411 g/mol. The number of nitrogen functional groups attached to an aromatic ring is 1. The number of aryl methyl sites for hydroxylation is 1. The number of benzene rings is 1. The Morgan fingerprint density at radius 1 is 1.13 bits per heavy atom. The molecule has 2 aromatic rings. The molecule has 1 aliphatic rings. The maximum absolute atomic E-state index is 12.5. The molecule has 1 aromatic heterocycles. The first kappa shape index (κ1) is 21.1. The van der Waals surface area contributed by atoms with Gasteiger partial charge in [0.15, 0.2) is 0 Å². The average Bonchev–Trinajstić information content (AvgIpc) is 2.67. The van der Waals surface area contributed by atoms with E-state index in [0.717, 1.165) is 24.8 Å². The number of primary amides is 1. The smallest absolute Gasteiger partial charge is 0.267 e. The van der Waals surface area contributed by atoms with Crippen molar-refractivity contribution in [3.8, 4) is 0 Å². The minimum atomic E-state index is -0.524. The number of pyridine rings is 1. The fraction of sp³-hybridized carbons (Fsp3) is 0.333. The van der Waals surface area contributed by atoms with Gasteiger partial charge in [-0.05, 0) is 43.4 Å². The number of hydrogen-bond donors (Lipinski definition) is 5. The molecule has 7 N–H and O–H groups in total. The quantitative estimate of drug-likeness (QED) is 0.426. The lowest BCUT2D eigenvalue weighted by molar-refractivity contribution is -0.124. The number of carbonyl (C=O) groups is 3. The number of aromatic nitrogens is 1. The highest BCUT2D eigenvalue weighted by Crippen LogP contribution is 2.31. The molecule has 1 fully saturated rings. The molecule has 1 aliphatic carbocycles. The number of H-pyrrole nitrogens is 1. The van der Waals surface area contributed by atoms with Gasteiger partial charge in [0.1, 0.15) is 5.69 Å². The van der Waals surface area contributed by atoms with Gasteiger partial charge in [0, 0.05) is 30.3 Å². The second-order valence-electron chi connectivity index (χ2n) is 7.58. The van der Waals surface area contributed by atoms with Gasteiger partial charge in [-0.25, -0.2) is 0 Å². The van der Waals surface area contributed by atoms with Crippen LogP contribution >= 0.6 is 0 Å². The molecule has 0 unspecified atom stereocenters. The SMILES string of the molecule is NC(=O)c1ccccc1CCC(=O)NC1(CNC(=O)c2cc(N)cc(=O)[nH]2)CCC1. The Balaban J connectivity index is 1.56. The molecular weight excluding hydrogens is 386 g/mol. The number of nitrogens with one attached hydrogen (secondary N) is 3. The molecule has 30 heavy (non-hydrogen) atoms. The Labute approximate surface area is 173 Å². The van der Waals surface area contributed by atoms with E-state index in [4.69, 9.17) is 11.5 Å². The van der Waals surface area contributed by atoms with E-state index in [1.54, 1.807) is 24.3 Å². The van der Waals surface area contributed by atoms with E-state index >= 15 is 0 Å². The first-order valence-corrected chi connectivity index (χ1v) is 9.75. The molecule has 1 aromatic carbocycles. The summed E-state index contributed by atoms with van der Waals surface area (Å²) in [7, 11) is 0. The summed E-state index contributed by atoms with van der Waals surface area (Å²) in [5, 5.41) is 5.77. The molecular formula is C21H25N5O4. The van der Waals surface area contributed by atoms with Crippen molar-refractivity contribution in [3.05, 3.63) is 63.6 Å². The van der Waals surface area contributed by atoms with E-state index < -0.39 is 22.9 Å². The van der Waals surface area contributed by atoms with Crippen LogP contribution in [-0.2, 0) is 11.2 Å². The van der Waals surface area contributed by atoms with Crippen LogP contribution in [0.1, 0.15) is 52.1 Å². The van der Waals surface area contributed by atoms with Crippen molar-refractivity contribution < 1.29 is 14.4 Å². The van der Waals surface area contributed by atoms with Gasteiger partial charge in [-0.1, -0.05) is 18.2 Å². The summed E-state index contributed by atoms with van der Waals surface area (Å²) in [5.41, 5.74) is 11.4. The number of anilines is 1. The Morgan fingerprint density at radius 3 is 2.50 bits per heavy atom. The molecule has 1 saturated carbocycles. The first-order chi connectivity index (χ1) is 14.3. The molecule has 0 aliphatic heterocycles. The second kappa shape index (κ2) is 8.81. The van der Waals surface area contributed by atoms with Gasteiger partial charge in [0.25, 0.3) is 11.5 Å². The van der Waals surface area contributed by atoms with E-state index in [1.807, 2.05) is 0 Å². The summed E-state index contributed by atoms with van der Waals surface area (Å²) in [6.07, 6.45) is 3.00. The lowest BCUT2D eigenvalue weighted by Gasteiger charge is -2.42. The highest BCUT2D eigenvalue weighted by atomic mass is 16.2. The zero-order chi connectivity index (χ0) is 21.7. The van der Waals surface area contributed by atoms with Gasteiger partial charge in [0.2, 0.25) is 11.8 Å². The summed E-state index contributed by atoms with van der Waals surface area (Å²) in [5.74, 6) is -1.15. The fourth-order valence-corrected chi connectivity index (χ4v) is 3.57. The third kappa shape index (κ3) is 5.05. The van der Waals surface area contributed by atoms with E-state index in [1.165, 1.54) is 12.1 Å². The van der Waals surface area contributed by atoms with Crippen molar-refractivity contribution in [2.45, 2.75) is 37.6 Å². The first-order valence-electron chi connectivity index (χ1n) is 9.75. The zero-order valence-electron chi connectivity index (χ0n) is 16.5. The fourth-order valence-electron chi connectivity index (χ4n) is 3.57. The molecule has 0 radical (unpaired) electrons. The number of rotatable bonds is 8. The van der Waals surface area contributed by atoms with Crippen LogP contribution in [0.25, 0.3) is 0 Å². The lowest BCUT2D eigenvalue weighted by atomic mass is 9.76. The summed E-state index contributed by atoms with van der Waals surface area (Å²) < 4.78 is 0. The molecule has 1 heterocycles. The molecule has 0 atom stereocenters. The Kier molecular flexibility index (Phi) is 6.20. The van der Waals surface area contributed by atoms with E-state index in [-0.39, 0.29) is 30.3 Å². The van der Waals surface area contributed by atoms with Gasteiger partial charge in [0.05, 0.1) is 5.54 Å². The zero-order valence-corrected chi connectivity index (χ0v) is 16.5. The van der Waals surface area contributed by atoms with Gasteiger partial charge < -0.3 is 27.1 Å². The maximum atomic E-state index is 12.5. The Morgan fingerprint density at radius 2 is 1.87 bits per heavy atom. The normalized spacial score (nSPS) is 14.4. The van der Waals surface area contributed by atoms with Crippen LogP contribution < -0.4 is 27.7 Å². The molecule has 0 saturated heterocycles. The van der Waals surface area contributed by atoms with Gasteiger partial charge in [-0.3, -0.25) is 19.2 Å². The molecule has 9 nitrogen and oxygen atoms in total. The van der Waals surface area contributed by atoms with Crippen LogP contribution in [0.2, 0.25) is 0 Å². The van der Waals surface area contributed by atoms with E-state index in [9.17, 15) is 19.2 Å². The molecule has 0 bridgehead atoms. The van der Waals surface area contributed by atoms with Crippen molar-refractivity contribution in [3.63, 3.8) is 0 Å². The number of hydrogen-bond acceptors (Lipinski definition) is 5. The highest BCUT2D eigenvalue weighted by Gasteiger charge is 2.38. The monoisotopic (exact) mass is 411 g/mol. The topological polar surface area (TPSA) is 160 Å². The van der Waals surface area contributed by atoms with Crippen LogP contribution in [-0.4, -0.2) is 34.8 Å². The molecule has 3 amide bonds. The molecule has 158 valence electrons. The highest BCUT2D eigenvalue weighted by molar-refractivity contribution is 5.94. The van der Waals surface area contributed by atoms with Gasteiger partial charge in [-0.15, -0.1) is 0 Å². The van der Waals surface area contributed by atoms with Crippen molar-refractivity contribution in [2.24, 2.45) is 5.73 Å². The minimum absolute atomic E-state index is 0.0730. The van der Waals surface area contributed by atoms with Crippen LogP contribution in [0.4, 0.5) is 5.69 Å². The number of carbonyl (C=O) groups excluding carboxylic acids is 3. The second-order valence-corrected chi connectivity index (χ2v) is 7.58. The van der Waals surface area contributed by atoms with Gasteiger partial charge in [-0.2, -0.15) is 0 Å². The summed E-state index contributed by atoms with van der Waals surface area (Å²) >= 11 is 0. The third-order valence-corrected chi connectivity index (χ3v) is 5.32. The predicted octanol–water partition coefficient (Wildman–Crippen LogP) is 0.458. The number of amides is 3. The number of aromatic amines is 1. The molecule has 0 spiro atoms. The van der Waals surface area contributed by atoms with Crippen LogP contribution in [0, 0.1) is 0 Å². The van der Waals surface area contributed by atoms with Crippen LogP contribution in [0.3, 0.4) is 0 Å². The van der Waals surface area contributed by atoms with Crippen molar-refractivity contribution in [2.75, 3.05) is 12.3 Å². The summed E-state index contributed by atoms with van der Waals surface area (Å²) in [6.45, 7) is 0.242. The van der Waals surface area contributed by atoms with Gasteiger partial charge >= 0.3 is 0 Å². The van der Waals surface area contributed by atoms with Crippen molar-refractivity contribution in [1.82, 2.24) is 15.6 Å². The van der Waals surface area contributed by atoms with E-state index in [2.05, 4.69) is 15.6 Å². The minimum Gasteiger partial charge on any atom is -0.399 e. The van der Waals surface area contributed by atoms with Crippen molar-refractivity contribution in [1.29, 1.82) is 0 Å². The summed E-state index contributed by atoms with van der Waals surface area (Å²) in [4.78, 5) is 50.3. The lowest BCUT2D eigenvalue weighted by Crippen LogP contribution is -2.59. The predicted molar refractivity (Wildman–Crippen MR) is 112 cm³/mol. The van der Waals surface area contributed by atoms with Crippen LogP contribution in [0.15, 0.2) is 41.2 Å². The van der Waals surface area contributed by atoms with E-state index in [0.29, 0.717) is 12.0 Å².